The van der Waals surface area contributed by atoms with E-state index in [0.29, 0.717) is 11.0 Å². The predicted molar refractivity (Wildman–Crippen MR) is 56.6 cm³/mol. The summed E-state index contributed by atoms with van der Waals surface area (Å²) in [5, 5.41) is 10.6. The monoisotopic (exact) mass is 257 g/mol. The highest BCUT2D eigenvalue weighted by Crippen LogP contribution is 2.28. The van der Waals surface area contributed by atoms with Crippen LogP contribution in [0.5, 0.6) is 0 Å². The fraction of sp³-hybridized carbons (Fsp3) is 0.200. The highest BCUT2D eigenvalue weighted by atomic mass is 32.2. The molecule has 7 heteroatoms. The van der Waals surface area contributed by atoms with Crippen LogP contribution in [0.1, 0.15) is 0 Å². The summed E-state index contributed by atoms with van der Waals surface area (Å²) in [5.74, 6) is -3.99. The molecule has 17 heavy (non-hydrogen) atoms. The Labute approximate surface area is 99.3 Å². The van der Waals surface area contributed by atoms with Crippen LogP contribution in [0.25, 0.3) is 11.0 Å². The molecule has 0 saturated heterocycles. The Kier molecular flexibility index (Phi) is 3.28. The SMILES string of the molecule is O=C([O-])Cn1c(SC(F)F)nc2ccccc21. The molecule has 2 aromatic rings. The molecule has 0 saturated carbocycles. The number of carboxylic acid groups (broad SMARTS) is 1. The van der Waals surface area contributed by atoms with E-state index in [1.54, 1.807) is 24.3 Å². The number of fused-ring (bicyclic) bond motifs is 1. The zero-order chi connectivity index (χ0) is 12.4. The molecule has 2 rings (SSSR count). The van der Waals surface area contributed by atoms with E-state index in [4.69, 9.17) is 0 Å². The van der Waals surface area contributed by atoms with Gasteiger partial charge in [0.2, 0.25) is 0 Å². The third kappa shape index (κ3) is 2.55. The van der Waals surface area contributed by atoms with Crippen molar-refractivity contribution in [2.75, 3.05) is 0 Å². The Bertz CT molecular complexity index is 556. The fourth-order valence-electron chi connectivity index (χ4n) is 1.50. The third-order valence-corrected chi connectivity index (χ3v) is 2.80. The zero-order valence-corrected chi connectivity index (χ0v) is 9.29. The summed E-state index contributed by atoms with van der Waals surface area (Å²) in [6.07, 6.45) is 0. The maximum atomic E-state index is 12.3. The van der Waals surface area contributed by atoms with Crippen molar-refractivity contribution < 1.29 is 18.7 Å². The molecule has 0 aliphatic heterocycles. The molecule has 0 spiro atoms. The van der Waals surface area contributed by atoms with Crippen LogP contribution in [0.15, 0.2) is 29.4 Å². The third-order valence-electron chi connectivity index (χ3n) is 2.10. The Morgan fingerprint density at radius 1 is 1.47 bits per heavy atom. The number of para-hydroxylation sites is 2. The fourth-order valence-corrected chi connectivity index (χ4v) is 2.11. The summed E-state index contributed by atoms with van der Waals surface area (Å²) < 4.78 is 25.8. The van der Waals surface area contributed by atoms with E-state index in [2.05, 4.69) is 4.98 Å². The van der Waals surface area contributed by atoms with Crippen molar-refractivity contribution in [3.63, 3.8) is 0 Å². The number of benzene rings is 1. The second kappa shape index (κ2) is 4.70. The first-order valence-corrected chi connectivity index (χ1v) is 5.56. The lowest BCUT2D eigenvalue weighted by molar-refractivity contribution is -0.306. The number of rotatable bonds is 4. The van der Waals surface area contributed by atoms with Crippen LogP contribution in [-0.4, -0.2) is 21.3 Å². The summed E-state index contributed by atoms with van der Waals surface area (Å²) in [6.45, 7) is -0.491. The maximum absolute atomic E-state index is 12.3. The van der Waals surface area contributed by atoms with Crippen LogP contribution in [-0.2, 0) is 11.3 Å². The Morgan fingerprint density at radius 3 is 2.82 bits per heavy atom. The molecule has 1 heterocycles. The summed E-state index contributed by atoms with van der Waals surface area (Å²) in [7, 11) is 0. The van der Waals surface area contributed by atoms with E-state index in [9.17, 15) is 18.7 Å². The lowest BCUT2D eigenvalue weighted by Gasteiger charge is -2.08. The molecular weight excluding hydrogens is 250 g/mol. The number of aliphatic carboxylic acids is 1. The molecule has 90 valence electrons. The van der Waals surface area contributed by atoms with Gasteiger partial charge in [-0.2, -0.15) is 8.78 Å². The van der Waals surface area contributed by atoms with Crippen LogP contribution in [0.2, 0.25) is 0 Å². The van der Waals surface area contributed by atoms with Gasteiger partial charge in [0.1, 0.15) is 0 Å². The van der Waals surface area contributed by atoms with Gasteiger partial charge in [-0.1, -0.05) is 12.1 Å². The standard InChI is InChI=1S/C10H8F2N2O2S/c11-9(12)17-10-13-6-3-1-2-4-7(6)14(10)5-8(15)16/h1-4,9H,5H2,(H,15,16)/p-1. The van der Waals surface area contributed by atoms with E-state index in [1.165, 1.54) is 4.57 Å². The normalized spacial score (nSPS) is 11.2. The Balaban J connectivity index is 2.52. The van der Waals surface area contributed by atoms with Crippen molar-refractivity contribution in [3.05, 3.63) is 24.3 Å². The van der Waals surface area contributed by atoms with Crippen molar-refractivity contribution in [3.8, 4) is 0 Å². The van der Waals surface area contributed by atoms with Gasteiger partial charge in [-0.3, -0.25) is 0 Å². The smallest absolute Gasteiger partial charge is 0.291 e. The number of carbonyl (C=O) groups is 1. The van der Waals surface area contributed by atoms with Gasteiger partial charge < -0.3 is 14.5 Å². The minimum atomic E-state index is -2.65. The van der Waals surface area contributed by atoms with Crippen LogP contribution >= 0.6 is 11.8 Å². The number of halogens is 2. The van der Waals surface area contributed by atoms with Gasteiger partial charge in [0.15, 0.2) is 5.16 Å². The molecule has 0 aliphatic rings. The topological polar surface area (TPSA) is 57.9 Å². The number of hydrogen-bond donors (Lipinski definition) is 0. The van der Waals surface area contributed by atoms with Crippen LogP contribution in [0.3, 0.4) is 0 Å². The first kappa shape index (κ1) is 11.8. The number of alkyl halides is 2. The van der Waals surface area contributed by atoms with Crippen molar-refractivity contribution in [1.82, 2.24) is 9.55 Å². The summed E-state index contributed by atoms with van der Waals surface area (Å²) in [6, 6.07) is 6.65. The van der Waals surface area contributed by atoms with E-state index in [1.807, 2.05) is 0 Å². The summed E-state index contributed by atoms with van der Waals surface area (Å²) >= 11 is 0.220. The number of nitrogens with zero attached hydrogens (tertiary/aromatic N) is 2. The minimum absolute atomic E-state index is 0.0228. The minimum Gasteiger partial charge on any atom is -0.548 e. The van der Waals surface area contributed by atoms with Crippen LogP contribution in [0, 0.1) is 0 Å². The second-order valence-electron chi connectivity index (χ2n) is 3.22. The van der Waals surface area contributed by atoms with Crippen molar-refractivity contribution in [1.29, 1.82) is 0 Å². The number of thioether (sulfide) groups is 1. The van der Waals surface area contributed by atoms with E-state index < -0.39 is 18.3 Å². The molecular formula is C10H7F2N2O2S-. The molecule has 0 unspecified atom stereocenters. The highest BCUT2D eigenvalue weighted by molar-refractivity contribution is 7.99. The van der Waals surface area contributed by atoms with Gasteiger partial charge >= 0.3 is 0 Å². The molecule has 1 aromatic heterocycles. The van der Waals surface area contributed by atoms with Gasteiger partial charge in [0.25, 0.3) is 5.76 Å². The second-order valence-corrected chi connectivity index (χ2v) is 4.18. The molecule has 4 nitrogen and oxygen atoms in total. The van der Waals surface area contributed by atoms with Crippen LogP contribution < -0.4 is 5.11 Å². The van der Waals surface area contributed by atoms with Crippen molar-refractivity contribution >= 4 is 28.8 Å². The van der Waals surface area contributed by atoms with Crippen molar-refractivity contribution in [2.24, 2.45) is 0 Å². The molecule has 1 aromatic carbocycles. The van der Waals surface area contributed by atoms with Crippen molar-refractivity contribution in [2.45, 2.75) is 17.5 Å². The first-order chi connectivity index (χ1) is 8.08. The number of carbonyl (C=O) groups excluding carboxylic acids is 1. The largest absolute Gasteiger partial charge is 0.548 e. The number of carboxylic acids is 1. The van der Waals surface area contributed by atoms with Gasteiger partial charge in [-0.25, -0.2) is 4.98 Å². The Hall–Kier alpha value is -1.63. The number of aromatic nitrogens is 2. The lowest BCUT2D eigenvalue weighted by Crippen LogP contribution is -2.27. The molecule has 0 fully saturated rings. The predicted octanol–water partition coefficient (Wildman–Crippen LogP) is 1.10. The first-order valence-electron chi connectivity index (χ1n) is 4.68. The summed E-state index contributed by atoms with van der Waals surface area (Å²) in [4.78, 5) is 14.6. The van der Waals surface area contributed by atoms with E-state index in [0.717, 1.165) is 0 Å². The van der Waals surface area contributed by atoms with Gasteiger partial charge in [-0.05, 0) is 23.9 Å². The van der Waals surface area contributed by atoms with Crippen LogP contribution in [0.4, 0.5) is 8.78 Å². The average molecular weight is 257 g/mol. The summed E-state index contributed by atoms with van der Waals surface area (Å²) in [5.41, 5.74) is 0.983. The molecule has 0 atom stereocenters. The average Bonchev–Trinajstić information content (AvgIpc) is 2.55. The highest BCUT2D eigenvalue weighted by Gasteiger charge is 2.15. The molecule has 0 aliphatic carbocycles. The number of imidazole rings is 1. The molecule has 0 amide bonds. The van der Waals surface area contributed by atoms with Gasteiger partial charge in [0, 0.05) is 0 Å². The maximum Gasteiger partial charge on any atom is 0.291 e. The zero-order valence-electron chi connectivity index (χ0n) is 8.47. The Morgan fingerprint density at radius 2 is 2.18 bits per heavy atom. The molecule has 0 bridgehead atoms. The van der Waals surface area contributed by atoms with E-state index >= 15 is 0 Å². The quantitative estimate of drug-likeness (QED) is 0.770. The molecule has 0 radical (unpaired) electrons. The lowest BCUT2D eigenvalue weighted by atomic mass is 10.3. The van der Waals surface area contributed by atoms with Gasteiger partial charge in [0.05, 0.1) is 23.5 Å². The molecule has 0 N–H and O–H groups in total. The number of hydrogen-bond acceptors (Lipinski definition) is 4. The van der Waals surface area contributed by atoms with E-state index in [-0.39, 0.29) is 16.9 Å². The van der Waals surface area contributed by atoms with Gasteiger partial charge in [-0.15, -0.1) is 0 Å².